The van der Waals surface area contributed by atoms with Crippen LogP contribution < -0.4 is 41.5 Å². The van der Waals surface area contributed by atoms with Crippen LogP contribution in [-0.2, 0) is 52.4 Å². The van der Waals surface area contributed by atoms with Crippen LogP contribution in [0.25, 0.3) is 0 Å². The fourth-order valence-electron chi connectivity index (χ4n) is 5.51. The summed E-state index contributed by atoms with van der Waals surface area (Å²) in [5.41, 5.74) is 0. The summed E-state index contributed by atoms with van der Waals surface area (Å²) in [6.45, 7) is 57.9. The molecule has 0 heterocycles. The maximum atomic E-state index is 7.00. The Hall–Kier alpha value is 0.501. The minimum Gasteiger partial charge on any atom is -1.00 e. The van der Waals surface area contributed by atoms with E-state index in [0.29, 0.717) is 0 Å². The van der Waals surface area contributed by atoms with Gasteiger partial charge in [-0.1, -0.05) is 157 Å². The summed E-state index contributed by atoms with van der Waals surface area (Å²) in [6, 6.07) is 28.6. The van der Waals surface area contributed by atoms with E-state index in [1.54, 1.807) is 41.5 Å². The zero-order chi connectivity index (χ0) is 43.1. The summed E-state index contributed by atoms with van der Waals surface area (Å²) < 4.78 is 0. The molecule has 56 heavy (non-hydrogen) atoms. The molecule has 2 nitrogen and oxygen atoms in total. The summed E-state index contributed by atoms with van der Waals surface area (Å²) in [5, 5.41) is 12.9. The Kier molecular flexibility index (Phi) is 25.1. The fourth-order valence-corrected chi connectivity index (χ4v) is 15.5. The van der Waals surface area contributed by atoms with Gasteiger partial charge in [-0.25, -0.2) is 45.0 Å². The van der Waals surface area contributed by atoms with Gasteiger partial charge in [0, 0.05) is 66.4 Å². The predicted molar refractivity (Wildman–Crippen MR) is 283 cm³/mol. The van der Waals surface area contributed by atoms with Crippen LogP contribution in [0.1, 0.15) is 5.71 Å². The second-order valence-electron chi connectivity index (χ2n) is 23.6. The molecule has 0 saturated carbocycles. The van der Waals surface area contributed by atoms with Crippen molar-refractivity contribution in [2.24, 2.45) is 0 Å². The van der Waals surface area contributed by atoms with Gasteiger partial charge in [-0.2, -0.15) is 69.3 Å². The van der Waals surface area contributed by atoms with Crippen molar-refractivity contribution in [2.45, 2.75) is 157 Å². The van der Waals surface area contributed by atoms with Crippen LogP contribution >= 0.6 is 0 Å². The molecule has 316 valence electrons. The van der Waals surface area contributed by atoms with E-state index < -0.39 is 64.6 Å². The molecule has 0 spiro atoms. The van der Waals surface area contributed by atoms with Gasteiger partial charge in [-0.15, -0.1) is 0 Å². The van der Waals surface area contributed by atoms with E-state index in [0.717, 1.165) is 0 Å². The Labute approximate surface area is 400 Å². The molecular formula is C44H88O2Si8Zr2. The van der Waals surface area contributed by atoms with Gasteiger partial charge in [0.05, 0.1) is 8.07 Å². The molecule has 0 aliphatic carbocycles. The van der Waals surface area contributed by atoms with Crippen LogP contribution in [-0.4, -0.2) is 64.6 Å². The van der Waals surface area contributed by atoms with Gasteiger partial charge in [0.1, 0.15) is 0 Å². The van der Waals surface area contributed by atoms with E-state index in [1.165, 1.54) is 0 Å². The largest absolute Gasteiger partial charge is 4.00 e. The monoisotopic (exact) mass is 1050 g/mol. The van der Waals surface area contributed by atoms with E-state index in [1.807, 2.05) is 0 Å². The van der Waals surface area contributed by atoms with Crippen LogP contribution in [0, 0.1) is 9.93 Å². The van der Waals surface area contributed by atoms with Gasteiger partial charge in [0.2, 0.25) is 0 Å². The van der Waals surface area contributed by atoms with E-state index in [9.17, 15) is 0 Å². The number of rotatable bonds is 8. The molecule has 0 aliphatic heterocycles. The SMILES string of the molecule is C[Si](C)(C)c1c[cH-]c([Si](C)(C)C)c1.C[Si](C)(C)c1cc[c-]([Si](C)(C)C)c1.C[Si](C)(C)c1cc[c-]([Si](C)(C)C)c1.C[Si](C)(C)c1cc[c-]([Si](C)(C)C)c1.O=O.[H-].[H-].[H-].[H-].[Zr+4].[Zr+4]. The van der Waals surface area contributed by atoms with E-state index in [4.69, 9.17) is 9.93 Å². The topological polar surface area (TPSA) is 34.1 Å². The summed E-state index contributed by atoms with van der Waals surface area (Å²) in [7, 11) is -8.55. The third-order valence-corrected chi connectivity index (χ3v) is 26.3. The van der Waals surface area contributed by atoms with Gasteiger partial charge in [-0.05, 0) is 0 Å². The average Bonchev–Trinajstić information content (AvgIpc) is 3.78. The molecule has 0 unspecified atom stereocenters. The average molecular weight is 1060 g/mol. The molecule has 0 amide bonds. The summed E-state index contributed by atoms with van der Waals surface area (Å²) in [4.78, 5) is 14.0. The third-order valence-electron chi connectivity index (χ3n) is 9.94. The van der Waals surface area contributed by atoms with Crippen molar-refractivity contribution in [3.05, 3.63) is 82.7 Å². The zero-order valence-corrected chi connectivity index (χ0v) is 53.7. The van der Waals surface area contributed by atoms with E-state index >= 15 is 0 Å². The molecule has 0 saturated heterocycles. The van der Waals surface area contributed by atoms with Crippen molar-refractivity contribution in [1.82, 2.24) is 0 Å². The molecule has 0 radical (unpaired) electrons. The summed E-state index contributed by atoms with van der Waals surface area (Å²) >= 11 is 0. The predicted octanol–water partition coefficient (Wildman–Crippen LogP) is 10.5. The van der Waals surface area contributed by atoms with Crippen LogP contribution in [0.4, 0.5) is 0 Å². The van der Waals surface area contributed by atoms with Gasteiger partial charge in [-0.3, -0.25) is 0 Å². The minimum absolute atomic E-state index is 0. The van der Waals surface area contributed by atoms with Crippen LogP contribution in [0.5, 0.6) is 0 Å². The molecule has 4 aromatic carbocycles. The van der Waals surface area contributed by atoms with Crippen LogP contribution in [0.3, 0.4) is 0 Å². The van der Waals surface area contributed by atoms with Crippen molar-refractivity contribution < 1.29 is 58.1 Å². The Balaban J connectivity index is -0.000000119. The van der Waals surface area contributed by atoms with Crippen LogP contribution in [0.15, 0.2) is 72.8 Å². The standard InChI is InChI=1S/4C11H21Si2.O2.2Zr.4H/c4*1-12(2,3)10-7-8-11(9-10)13(4,5)6;1-2;;;;;;/h4*7-9H,1-6H3;;;;;;;/q4*-1;;2*+4;4*-1. The second kappa shape index (κ2) is 23.1. The third kappa shape index (κ3) is 21.8. The first-order chi connectivity index (χ1) is 23.8. The molecule has 12 heteroatoms. The van der Waals surface area contributed by atoms with Crippen molar-refractivity contribution in [1.29, 1.82) is 0 Å². The summed E-state index contributed by atoms with van der Waals surface area (Å²) in [6.07, 6.45) is 0. The molecule has 0 fully saturated rings. The van der Waals surface area contributed by atoms with Crippen molar-refractivity contribution in [2.75, 3.05) is 0 Å². The first-order valence-corrected chi connectivity index (χ1v) is 48.1. The molecule has 4 rings (SSSR count). The normalized spacial score (nSPS) is 12.5. The molecule has 0 aliphatic rings. The molecule has 0 bridgehead atoms. The first kappa shape index (κ1) is 60.8. The van der Waals surface area contributed by atoms with E-state index in [2.05, 4.69) is 230 Å². The number of hydrogen-bond acceptors (Lipinski definition) is 2. The Bertz CT molecular complexity index is 1330. The van der Waals surface area contributed by atoms with Crippen molar-refractivity contribution in [3.63, 3.8) is 0 Å². The molecular weight excluding hydrogens is 968 g/mol. The molecule has 0 N–H and O–H groups in total. The minimum atomic E-state index is -1.07. The zero-order valence-electron chi connectivity index (χ0n) is 44.7. The maximum absolute atomic E-state index is 7.00. The molecule has 4 aromatic rings. The Morgan fingerprint density at radius 1 is 0.393 bits per heavy atom. The van der Waals surface area contributed by atoms with Crippen molar-refractivity contribution in [3.8, 4) is 0 Å². The fraction of sp³-hybridized carbons (Fsp3) is 0.545. The summed E-state index contributed by atoms with van der Waals surface area (Å²) in [5.74, 6) is 0. The van der Waals surface area contributed by atoms with Crippen molar-refractivity contribution >= 4 is 106 Å². The van der Waals surface area contributed by atoms with Gasteiger partial charge < -0.3 is 5.71 Å². The smallest absolute Gasteiger partial charge is 1.00 e. The quantitative estimate of drug-likeness (QED) is 0.130. The Morgan fingerprint density at radius 2 is 0.625 bits per heavy atom. The van der Waals surface area contributed by atoms with Crippen LogP contribution in [0.2, 0.25) is 157 Å². The maximum Gasteiger partial charge on any atom is 4.00 e. The number of hydrogen-bond donors (Lipinski definition) is 0. The first-order valence-electron chi connectivity index (χ1n) is 20.1. The molecule has 0 atom stereocenters. The van der Waals surface area contributed by atoms with Gasteiger partial charge >= 0.3 is 52.4 Å². The molecule has 0 aromatic heterocycles. The van der Waals surface area contributed by atoms with Gasteiger partial charge in [0.15, 0.2) is 0 Å². The van der Waals surface area contributed by atoms with Gasteiger partial charge in [0.25, 0.3) is 0 Å². The van der Waals surface area contributed by atoms with E-state index in [-0.39, 0.29) is 58.1 Å². The Morgan fingerprint density at radius 3 is 0.732 bits per heavy atom. The second-order valence-corrected chi connectivity index (χ2v) is 64.2.